The summed E-state index contributed by atoms with van der Waals surface area (Å²) in [6, 6.07) is 17.8. The van der Waals surface area contributed by atoms with Gasteiger partial charge in [0, 0.05) is 46.4 Å². The number of rotatable bonds is 7. The van der Waals surface area contributed by atoms with E-state index in [1.807, 2.05) is 43.4 Å². The van der Waals surface area contributed by atoms with Gasteiger partial charge in [0.1, 0.15) is 5.75 Å². The van der Waals surface area contributed by atoms with Crippen molar-refractivity contribution in [2.75, 3.05) is 51.3 Å². The van der Waals surface area contributed by atoms with Crippen LogP contribution in [0.1, 0.15) is 25.0 Å². The maximum absolute atomic E-state index is 10.1. The van der Waals surface area contributed by atoms with Crippen molar-refractivity contribution in [1.29, 1.82) is 0 Å². The fourth-order valence-electron chi connectivity index (χ4n) is 3.58. The molecule has 3 rings (SSSR count). The number of guanidine groups is 1. The SMILES string of the molecule is CN=C(NCCCOC(C)c1ccccc1)N1CCN(c2ccccc2O)CC1. The van der Waals surface area contributed by atoms with Crippen LogP contribution >= 0.6 is 0 Å². The van der Waals surface area contributed by atoms with Crippen LogP contribution in [-0.4, -0.2) is 62.3 Å². The van der Waals surface area contributed by atoms with Crippen LogP contribution < -0.4 is 10.2 Å². The fraction of sp³-hybridized carbons (Fsp3) is 0.435. The van der Waals surface area contributed by atoms with E-state index >= 15 is 0 Å². The van der Waals surface area contributed by atoms with Crippen molar-refractivity contribution in [1.82, 2.24) is 10.2 Å². The first-order valence-electron chi connectivity index (χ1n) is 10.3. The summed E-state index contributed by atoms with van der Waals surface area (Å²) < 4.78 is 5.94. The molecule has 0 spiro atoms. The average molecular weight is 397 g/mol. The molecule has 1 aliphatic rings. The topological polar surface area (TPSA) is 60.3 Å². The number of piperazine rings is 1. The zero-order valence-corrected chi connectivity index (χ0v) is 17.4. The number of benzene rings is 2. The third kappa shape index (κ3) is 5.87. The van der Waals surface area contributed by atoms with E-state index in [-0.39, 0.29) is 6.10 Å². The van der Waals surface area contributed by atoms with Gasteiger partial charge in [0.15, 0.2) is 5.96 Å². The molecule has 1 fully saturated rings. The molecule has 1 saturated heterocycles. The third-order valence-corrected chi connectivity index (χ3v) is 5.25. The third-order valence-electron chi connectivity index (χ3n) is 5.25. The molecule has 0 radical (unpaired) electrons. The standard InChI is InChI=1S/C23H32N4O2/c1-19(20-9-4-3-5-10-20)29-18-8-13-25-23(24-2)27-16-14-26(15-17-27)21-11-6-7-12-22(21)28/h3-7,9-12,19,28H,8,13-18H2,1-2H3,(H,24,25). The molecule has 1 heterocycles. The molecule has 1 unspecified atom stereocenters. The molecule has 0 aromatic heterocycles. The van der Waals surface area contributed by atoms with Crippen LogP contribution in [0.2, 0.25) is 0 Å². The maximum Gasteiger partial charge on any atom is 0.193 e. The number of nitrogens with zero attached hydrogens (tertiary/aromatic N) is 3. The zero-order valence-electron chi connectivity index (χ0n) is 17.4. The van der Waals surface area contributed by atoms with Gasteiger partial charge in [0.2, 0.25) is 0 Å². The quantitative estimate of drug-likeness (QED) is 0.427. The van der Waals surface area contributed by atoms with Gasteiger partial charge < -0.3 is 25.0 Å². The second-order valence-electron chi connectivity index (χ2n) is 7.21. The van der Waals surface area contributed by atoms with E-state index in [1.54, 1.807) is 6.07 Å². The van der Waals surface area contributed by atoms with Gasteiger partial charge in [-0.2, -0.15) is 0 Å². The first-order valence-corrected chi connectivity index (χ1v) is 10.3. The Morgan fingerprint density at radius 2 is 1.76 bits per heavy atom. The Bertz CT molecular complexity index is 773. The average Bonchev–Trinajstić information content (AvgIpc) is 2.77. The zero-order chi connectivity index (χ0) is 20.5. The Morgan fingerprint density at radius 3 is 2.45 bits per heavy atom. The van der Waals surface area contributed by atoms with E-state index in [0.717, 1.165) is 50.8 Å². The first kappa shape index (κ1) is 21.0. The minimum absolute atomic E-state index is 0.109. The molecule has 0 saturated carbocycles. The Balaban J connectivity index is 1.37. The van der Waals surface area contributed by atoms with Crippen molar-refractivity contribution >= 4 is 11.6 Å². The Morgan fingerprint density at radius 1 is 1.07 bits per heavy atom. The Hall–Kier alpha value is -2.73. The van der Waals surface area contributed by atoms with Crippen LogP contribution in [0.15, 0.2) is 59.6 Å². The highest BCUT2D eigenvalue weighted by Crippen LogP contribution is 2.27. The number of aromatic hydroxyl groups is 1. The monoisotopic (exact) mass is 396 g/mol. The summed E-state index contributed by atoms with van der Waals surface area (Å²) in [5, 5.41) is 13.5. The van der Waals surface area contributed by atoms with Crippen LogP contribution in [0.4, 0.5) is 5.69 Å². The lowest BCUT2D eigenvalue weighted by atomic mass is 10.1. The summed E-state index contributed by atoms with van der Waals surface area (Å²) in [5.41, 5.74) is 2.11. The molecule has 0 amide bonds. The smallest absolute Gasteiger partial charge is 0.193 e. The number of anilines is 1. The van der Waals surface area contributed by atoms with Gasteiger partial charge in [-0.3, -0.25) is 4.99 Å². The summed E-state index contributed by atoms with van der Waals surface area (Å²) in [4.78, 5) is 8.92. The van der Waals surface area contributed by atoms with Gasteiger partial charge in [-0.15, -0.1) is 0 Å². The van der Waals surface area contributed by atoms with Crippen molar-refractivity contribution < 1.29 is 9.84 Å². The number of hydrogen-bond donors (Lipinski definition) is 2. The number of phenolic OH excluding ortho intramolecular Hbond substituents is 1. The van der Waals surface area contributed by atoms with Gasteiger partial charge in [0.25, 0.3) is 0 Å². The lowest BCUT2D eigenvalue weighted by Gasteiger charge is -2.37. The molecule has 0 bridgehead atoms. The first-order chi connectivity index (χ1) is 14.2. The molecule has 0 aliphatic carbocycles. The van der Waals surface area contributed by atoms with Crippen molar-refractivity contribution in [3.8, 4) is 5.75 Å². The maximum atomic E-state index is 10.1. The number of aliphatic imine (C=N–C) groups is 1. The van der Waals surface area contributed by atoms with E-state index in [0.29, 0.717) is 12.4 Å². The Labute approximate surface area is 173 Å². The fourth-order valence-corrected chi connectivity index (χ4v) is 3.58. The summed E-state index contributed by atoms with van der Waals surface area (Å²) >= 11 is 0. The number of ether oxygens (including phenoxy) is 1. The predicted octanol–water partition coefficient (Wildman–Crippen LogP) is 3.26. The number of para-hydroxylation sites is 2. The van der Waals surface area contributed by atoms with E-state index < -0.39 is 0 Å². The van der Waals surface area contributed by atoms with Crippen molar-refractivity contribution in [3.05, 3.63) is 60.2 Å². The predicted molar refractivity (Wildman–Crippen MR) is 119 cm³/mol. The van der Waals surface area contributed by atoms with Crippen molar-refractivity contribution in [2.45, 2.75) is 19.4 Å². The highest BCUT2D eigenvalue weighted by molar-refractivity contribution is 5.80. The molecule has 6 heteroatoms. The molecular formula is C23H32N4O2. The second kappa shape index (κ2) is 10.7. The highest BCUT2D eigenvalue weighted by Gasteiger charge is 2.21. The van der Waals surface area contributed by atoms with Crippen LogP contribution in [-0.2, 0) is 4.74 Å². The largest absolute Gasteiger partial charge is 0.506 e. The number of phenols is 1. The van der Waals surface area contributed by atoms with Gasteiger partial charge in [-0.1, -0.05) is 42.5 Å². The van der Waals surface area contributed by atoms with E-state index in [1.165, 1.54) is 5.56 Å². The van der Waals surface area contributed by atoms with Gasteiger partial charge in [-0.25, -0.2) is 0 Å². The van der Waals surface area contributed by atoms with Gasteiger partial charge in [0.05, 0.1) is 11.8 Å². The van der Waals surface area contributed by atoms with Crippen LogP contribution in [0.25, 0.3) is 0 Å². The molecule has 1 atom stereocenters. The van der Waals surface area contributed by atoms with Gasteiger partial charge >= 0.3 is 0 Å². The van der Waals surface area contributed by atoms with E-state index in [9.17, 15) is 5.11 Å². The summed E-state index contributed by atoms with van der Waals surface area (Å²) in [6.07, 6.45) is 1.03. The second-order valence-corrected chi connectivity index (χ2v) is 7.21. The molecule has 2 aromatic carbocycles. The summed E-state index contributed by atoms with van der Waals surface area (Å²) in [5.74, 6) is 1.27. The van der Waals surface area contributed by atoms with E-state index in [2.05, 4.69) is 39.2 Å². The lowest BCUT2D eigenvalue weighted by Crippen LogP contribution is -2.52. The van der Waals surface area contributed by atoms with Crippen LogP contribution in [0.5, 0.6) is 5.75 Å². The van der Waals surface area contributed by atoms with E-state index in [4.69, 9.17) is 4.74 Å². The van der Waals surface area contributed by atoms with Gasteiger partial charge in [-0.05, 0) is 31.0 Å². The molecule has 2 aromatic rings. The van der Waals surface area contributed by atoms with Crippen LogP contribution in [0.3, 0.4) is 0 Å². The highest BCUT2D eigenvalue weighted by atomic mass is 16.5. The molecular weight excluding hydrogens is 364 g/mol. The Kier molecular flexibility index (Phi) is 7.76. The molecule has 2 N–H and O–H groups in total. The summed E-state index contributed by atoms with van der Waals surface area (Å²) in [7, 11) is 1.83. The number of nitrogens with one attached hydrogen (secondary N) is 1. The van der Waals surface area contributed by atoms with Crippen LogP contribution in [0, 0.1) is 0 Å². The molecule has 6 nitrogen and oxygen atoms in total. The lowest BCUT2D eigenvalue weighted by molar-refractivity contribution is 0.0645. The van der Waals surface area contributed by atoms with Crippen molar-refractivity contribution in [3.63, 3.8) is 0 Å². The normalized spacial score (nSPS) is 16.0. The van der Waals surface area contributed by atoms with Crippen molar-refractivity contribution in [2.24, 2.45) is 4.99 Å². The summed E-state index contributed by atoms with van der Waals surface area (Å²) in [6.45, 7) is 7.08. The molecule has 29 heavy (non-hydrogen) atoms. The number of hydrogen-bond acceptors (Lipinski definition) is 4. The minimum atomic E-state index is 0.109. The molecule has 1 aliphatic heterocycles. The molecule has 156 valence electrons. The minimum Gasteiger partial charge on any atom is -0.506 e.